The molecule has 2 heterocycles. The van der Waals surface area contributed by atoms with Crippen LogP contribution in [0.3, 0.4) is 0 Å². The number of aliphatic hydroxyl groups is 2. The molecule has 4 atom stereocenters. The molecule has 0 bridgehead atoms. The van der Waals surface area contributed by atoms with Crippen LogP contribution in [0.25, 0.3) is 0 Å². The van der Waals surface area contributed by atoms with E-state index in [0.29, 0.717) is 31.9 Å². The van der Waals surface area contributed by atoms with Gasteiger partial charge in [-0.15, -0.1) is 0 Å². The molecule has 35 heavy (non-hydrogen) atoms. The zero-order chi connectivity index (χ0) is 25.0. The zero-order valence-corrected chi connectivity index (χ0v) is 20.7. The molecule has 2 aromatic rings. The lowest BCUT2D eigenvalue weighted by Gasteiger charge is -2.41. The van der Waals surface area contributed by atoms with Crippen LogP contribution in [0.15, 0.2) is 53.4 Å². The van der Waals surface area contributed by atoms with E-state index < -0.39 is 34.4 Å². The van der Waals surface area contributed by atoms with Crippen molar-refractivity contribution in [1.82, 2.24) is 9.62 Å². The van der Waals surface area contributed by atoms with E-state index in [9.17, 15) is 18.6 Å². The molecule has 0 unspecified atom stereocenters. The van der Waals surface area contributed by atoms with Crippen molar-refractivity contribution in [3.63, 3.8) is 0 Å². The summed E-state index contributed by atoms with van der Waals surface area (Å²) in [5.74, 6) is 1.36. The van der Waals surface area contributed by atoms with E-state index >= 15 is 0 Å². The Labute approximate surface area is 206 Å². The predicted octanol–water partition coefficient (Wildman–Crippen LogP) is 0.294. The minimum absolute atomic E-state index is 0.0285. The average molecular weight is 508 g/mol. The van der Waals surface area contributed by atoms with Gasteiger partial charge in [-0.3, -0.25) is 4.90 Å². The van der Waals surface area contributed by atoms with Crippen molar-refractivity contribution in [2.45, 2.75) is 29.2 Å². The lowest BCUT2D eigenvalue weighted by atomic mass is 10.0. The summed E-state index contributed by atoms with van der Waals surface area (Å²) in [7, 11) is -0.632. The molecular formula is C24H33N3O7S. The SMILES string of the molecule is COc1ccc(S(=O)(=O)NC[C@@H]2O[C@@H](CO)[C@@H](O)[C@H]2N2CCN(c3ccccc3OC)CC2)cc1. The highest BCUT2D eigenvalue weighted by atomic mass is 32.2. The van der Waals surface area contributed by atoms with Gasteiger partial charge in [0.2, 0.25) is 10.0 Å². The molecule has 0 aromatic heterocycles. The maximum Gasteiger partial charge on any atom is 0.240 e. The van der Waals surface area contributed by atoms with Crippen LogP contribution in [0.4, 0.5) is 5.69 Å². The Balaban J connectivity index is 1.43. The van der Waals surface area contributed by atoms with Gasteiger partial charge in [0.1, 0.15) is 23.7 Å². The van der Waals surface area contributed by atoms with E-state index in [0.717, 1.165) is 11.4 Å². The van der Waals surface area contributed by atoms with Crippen molar-refractivity contribution in [2.24, 2.45) is 0 Å². The van der Waals surface area contributed by atoms with Crippen molar-refractivity contribution >= 4 is 15.7 Å². The van der Waals surface area contributed by atoms with Crippen molar-refractivity contribution in [2.75, 3.05) is 58.5 Å². The molecule has 10 nitrogen and oxygen atoms in total. The monoisotopic (exact) mass is 507 g/mol. The molecule has 2 fully saturated rings. The lowest BCUT2D eigenvalue weighted by Crippen LogP contribution is -2.57. The number of piperazine rings is 1. The van der Waals surface area contributed by atoms with Gasteiger partial charge in [0, 0.05) is 32.7 Å². The lowest BCUT2D eigenvalue weighted by molar-refractivity contribution is -0.0201. The number of methoxy groups -OCH3 is 2. The van der Waals surface area contributed by atoms with Crippen LogP contribution in [-0.2, 0) is 14.8 Å². The maximum atomic E-state index is 12.8. The molecule has 0 saturated carbocycles. The zero-order valence-electron chi connectivity index (χ0n) is 19.9. The summed E-state index contributed by atoms with van der Waals surface area (Å²) < 4.78 is 44.7. The predicted molar refractivity (Wildman–Crippen MR) is 131 cm³/mol. The van der Waals surface area contributed by atoms with Crippen LogP contribution < -0.4 is 19.1 Å². The molecule has 2 saturated heterocycles. The van der Waals surface area contributed by atoms with Crippen molar-refractivity contribution < 1.29 is 32.8 Å². The minimum Gasteiger partial charge on any atom is -0.497 e. The van der Waals surface area contributed by atoms with Gasteiger partial charge in [0.15, 0.2) is 0 Å². The topological polar surface area (TPSA) is 121 Å². The highest BCUT2D eigenvalue weighted by Crippen LogP contribution is 2.31. The number of nitrogens with one attached hydrogen (secondary N) is 1. The Bertz CT molecular complexity index is 1070. The summed E-state index contributed by atoms with van der Waals surface area (Å²) >= 11 is 0. The quantitative estimate of drug-likeness (QED) is 0.440. The van der Waals surface area contributed by atoms with Crippen LogP contribution in [0, 0.1) is 0 Å². The Morgan fingerprint density at radius 2 is 1.69 bits per heavy atom. The van der Waals surface area contributed by atoms with Crippen LogP contribution in [0.5, 0.6) is 11.5 Å². The molecule has 2 aliphatic heterocycles. The molecule has 192 valence electrons. The number of aliphatic hydroxyl groups excluding tert-OH is 2. The van der Waals surface area contributed by atoms with Gasteiger partial charge >= 0.3 is 0 Å². The van der Waals surface area contributed by atoms with Crippen LogP contribution in [-0.4, -0.2) is 101 Å². The third kappa shape index (κ3) is 5.55. The molecule has 2 aliphatic rings. The standard InChI is InChI=1S/C24H33N3O7S/c1-32-17-7-9-18(10-8-17)35(30,31)25-15-21-23(24(29)22(16-28)34-21)27-13-11-26(12-14-27)19-5-3-4-6-20(19)33-2/h3-10,21-25,28-29H,11-16H2,1-2H3/t21-,22-,23-,24+/m0/s1. The normalized spacial score (nSPS) is 25.5. The summed E-state index contributed by atoms with van der Waals surface area (Å²) in [6.45, 7) is 2.32. The number of rotatable bonds is 9. The average Bonchev–Trinajstić information content (AvgIpc) is 3.22. The van der Waals surface area contributed by atoms with Gasteiger partial charge in [-0.25, -0.2) is 13.1 Å². The molecule has 0 amide bonds. The van der Waals surface area contributed by atoms with Gasteiger partial charge in [-0.2, -0.15) is 0 Å². The molecular weight excluding hydrogens is 474 g/mol. The first-order valence-corrected chi connectivity index (χ1v) is 13.1. The molecule has 0 spiro atoms. The number of ether oxygens (including phenoxy) is 3. The second kappa shape index (κ2) is 11.1. The molecule has 2 aromatic carbocycles. The van der Waals surface area contributed by atoms with Crippen LogP contribution >= 0.6 is 0 Å². The third-order valence-corrected chi connectivity index (χ3v) is 8.09. The second-order valence-corrected chi connectivity index (χ2v) is 10.4. The van der Waals surface area contributed by atoms with E-state index in [2.05, 4.69) is 14.5 Å². The van der Waals surface area contributed by atoms with Gasteiger partial charge in [0.05, 0.1) is 43.6 Å². The van der Waals surface area contributed by atoms with Crippen molar-refractivity contribution in [3.8, 4) is 11.5 Å². The van der Waals surface area contributed by atoms with E-state index in [-0.39, 0.29) is 18.0 Å². The first-order valence-electron chi connectivity index (χ1n) is 11.6. The largest absolute Gasteiger partial charge is 0.497 e. The van der Waals surface area contributed by atoms with Crippen molar-refractivity contribution in [1.29, 1.82) is 0 Å². The number of anilines is 1. The van der Waals surface area contributed by atoms with E-state index in [1.165, 1.54) is 19.2 Å². The molecule has 11 heteroatoms. The number of sulfonamides is 1. The summed E-state index contributed by atoms with van der Waals surface area (Å²) in [5.41, 5.74) is 1.01. The van der Waals surface area contributed by atoms with Crippen LogP contribution in [0.2, 0.25) is 0 Å². The Hall–Kier alpha value is -2.41. The van der Waals surface area contributed by atoms with E-state index in [1.54, 1.807) is 19.2 Å². The number of benzene rings is 2. The molecule has 0 radical (unpaired) electrons. The maximum absolute atomic E-state index is 12.8. The van der Waals surface area contributed by atoms with E-state index in [1.807, 2.05) is 24.3 Å². The Morgan fingerprint density at radius 3 is 2.31 bits per heavy atom. The first kappa shape index (κ1) is 25.7. The summed E-state index contributed by atoms with van der Waals surface area (Å²) in [5, 5.41) is 20.6. The fourth-order valence-corrected chi connectivity index (χ4v) is 5.82. The Kier molecular flexibility index (Phi) is 8.15. The highest BCUT2D eigenvalue weighted by molar-refractivity contribution is 7.89. The van der Waals surface area contributed by atoms with E-state index in [4.69, 9.17) is 14.2 Å². The Morgan fingerprint density at radius 1 is 1.00 bits per heavy atom. The minimum atomic E-state index is -3.79. The molecule has 0 aliphatic carbocycles. The summed E-state index contributed by atoms with van der Waals surface area (Å²) in [6, 6.07) is 13.5. The fraction of sp³-hybridized carbons (Fsp3) is 0.500. The first-order chi connectivity index (χ1) is 16.9. The second-order valence-electron chi connectivity index (χ2n) is 8.60. The van der Waals surface area contributed by atoms with Gasteiger partial charge in [0.25, 0.3) is 0 Å². The summed E-state index contributed by atoms with van der Waals surface area (Å²) in [4.78, 5) is 4.44. The van der Waals surface area contributed by atoms with Gasteiger partial charge < -0.3 is 29.3 Å². The molecule has 3 N–H and O–H groups in total. The van der Waals surface area contributed by atoms with Crippen molar-refractivity contribution in [3.05, 3.63) is 48.5 Å². The van der Waals surface area contributed by atoms with Gasteiger partial charge in [-0.1, -0.05) is 12.1 Å². The van der Waals surface area contributed by atoms with Crippen LogP contribution in [0.1, 0.15) is 0 Å². The smallest absolute Gasteiger partial charge is 0.240 e. The number of nitrogens with zero attached hydrogens (tertiary/aromatic N) is 2. The number of para-hydroxylation sites is 2. The third-order valence-electron chi connectivity index (χ3n) is 6.65. The number of hydrogen-bond acceptors (Lipinski definition) is 9. The van der Waals surface area contributed by atoms with Gasteiger partial charge in [-0.05, 0) is 36.4 Å². The molecule has 4 rings (SSSR count). The fourth-order valence-electron chi connectivity index (χ4n) is 4.78. The number of hydrogen-bond donors (Lipinski definition) is 3. The summed E-state index contributed by atoms with van der Waals surface area (Å²) in [6.07, 6.45) is -2.33. The highest BCUT2D eigenvalue weighted by Gasteiger charge is 2.47.